The molecule has 5 rings (SSSR count). The Bertz CT molecular complexity index is 1410. The van der Waals surface area contributed by atoms with Gasteiger partial charge in [-0.3, -0.25) is 0 Å². The van der Waals surface area contributed by atoms with E-state index in [2.05, 4.69) is 0 Å². The normalized spacial score (nSPS) is 15.4. The molecule has 0 bridgehead atoms. The van der Waals surface area contributed by atoms with Crippen molar-refractivity contribution in [2.24, 2.45) is 0 Å². The van der Waals surface area contributed by atoms with E-state index >= 15 is 0 Å². The molecule has 0 saturated heterocycles. The largest absolute Gasteiger partial charge is 0.497 e. The molecule has 0 saturated carbocycles. The average Bonchev–Trinajstić information content (AvgIpc) is 3.52. The summed E-state index contributed by atoms with van der Waals surface area (Å²) in [4.78, 5) is 12.6. The van der Waals surface area contributed by atoms with Crippen LogP contribution >= 0.6 is 0 Å². The van der Waals surface area contributed by atoms with Crippen LogP contribution in [0.3, 0.4) is 0 Å². The fourth-order valence-corrected chi connectivity index (χ4v) is 4.74. The summed E-state index contributed by atoms with van der Waals surface area (Å²) in [5.74, 6) is 1.35. The van der Waals surface area contributed by atoms with Crippen molar-refractivity contribution in [1.82, 2.24) is 0 Å². The molecule has 0 amide bonds. The predicted octanol–water partition coefficient (Wildman–Crippen LogP) is 4.80. The predicted molar refractivity (Wildman–Crippen MR) is 138 cm³/mol. The summed E-state index contributed by atoms with van der Waals surface area (Å²) < 4.78 is 33.3. The maximum atomic E-state index is 12.6. The number of aliphatic hydroxyl groups is 1. The van der Waals surface area contributed by atoms with Crippen LogP contribution < -0.4 is 23.7 Å². The first-order valence-corrected chi connectivity index (χ1v) is 12.1. The molecular weight excluding hydrogens is 492 g/mol. The Hall–Kier alpha value is -4.21. The van der Waals surface area contributed by atoms with Crippen molar-refractivity contribution in [3.8, 4) is 39.9 Å². The van der Waals surface area contributed by atoms with Gasteiger partial charge >= 0.3 is 5.97 Å². The van der Waals surface area contributed by atoms with Crippen molar-refractivity contribution < 1.29 is 43.4 Å². The van der Waals surface area contributed by atoms with Crippen molar-refractivity contribution in [2.75, 3.05) is 34.4 Å². The van der Waals surface area contributed by atoms with E-state index in [0.29, 0.717) is 63.2 Å². The lowest BCUT2D eigenvalue weighted by atomic mass is 9.89. The third-order valence-electron chi connectivity index (χ3n) is 6.41. The van der Waals surface area contributed by atoms with Crippen LogP contribution in [-0.4, -0.2) is 50.6 Å². The maximum Gasteiger partial charge on any atom is 0.335 e. The number of carboxylic acids is 1. The zero-order valence-corrected chi connectivity index (χ0v) is 21.3. The lowest BCUT2D eigenvalue weighted by Gasteiger charge is -2.19. The number of rotatable bonds is 10. The molecule has 3 aromatic carbocycles. The Kier molecular flexibility index (Phi) is 7.13. The van der Waals surface area contributed by atoms with Crippen molar-refractivity contribution in [3.63, 3.8) is 0 Å². The van der Waals surface area contributed by atoms with E-state index in [1.165, 1.54) is 14.2 Å². The highest BCUT2D eigenvalue weighted by Crippen LogP contribution is 2.52. The molecule has 3 aromatic rings. The Morgan fingerprint density at radius 2 is 1.79 bits per heavy atom. The second-order valence-electron chi connectivity index (χ2n) is 8.76. The SMILES string of the molecule is CCCOc1cc(-c2ccc3c(c2)OCO3)c2c(c1)C(O)C(C(=O)O)=C2c1ccc(OC)cc1OCOC. The molecule has 9 heteroatoms. The minimum atomic E-state index is -1.40. The molecule has 0 radical (unpaired) electrons. The lowest BCUT2D eigenvalue weighted by Crippen LogP contribution is -2.09. The molecule has 0 aromatic heterocycles. The third-order valence-corrected chi connectivity index (χ3v) is 6.41. The number of carboxylic acid groups (broad SMARTS) is 1. The number of hydrogen-bond acceptors (Lipinski definition) is 8. The molecule has 38 heavy (non-hydrogen) atoms. The smallest absolute Gasteiger partial charge is 0.335 e. The molecule has 1 unspecified atom stereocenters. The number of methoxy groups -OCH3 is 2. The van der Waals surface area contributed by atoms with Gasteiger partial charge in [-0.15, -0.1) is 0 Å². The highest BCUT2D eigenvalue weighted by Gasteiger charge is 2.38. The van der Waals surface area contributed by atoms with Gasteiger partial charge < -0.3 is 38.6 Å². The first kappa shape index (κ1) is 25.4. The fraction of sp³-hybridized carbons (Fsp3) is 0.276. The quantitative estimate of drug-likeness (QED) is 0.364. The minimum Gasteiger partial charge on any atom is -0.497 e. The summed E-state index contributed by atoms with van der Waals surface area (Å²) in [5, 5.41) is 21.6. The van der Waals surface area contributed by atoms with E-state index in [-0.39, 0.29) is 19.2 Å². The number of fused-ring (bicyclic) bond motifs is 2. The molecule has 0 spiro atoms. The van der Waals surface area contributed by atoms with Gasteiger partial charge in [0.15, 0.2) is 18.3 Å². The Morgan fingerprint density at radius 3 is 2.53 bits per heavy atom. The number of hydrogen-bond donors (Lipinski definition) is 2. The van der Waals surface area contributed by atoms with E-state index in [1.54, 1.807) is 30.3 Å². The van der Waals surface area contributed by atoms with Crippen LogP contribution in [0.1, 0.15) is 36.1 Å². The summed E-state index contributed by atoms with van der Waals surface area (Å²) >= 11 is 0. The number of aliphatic carboxylic acids is 1. The van der Waals surface area contributed by atoms with Gasteiger partial charge in [0.2, 0.25) is 6.79 Å². The summed E-state index contributed by atoms with van der Waals surface area (Å²) in [6, 6.07) is 14.1. The average molecular weight is 521 g/mol. The number of benzene rings is 3. The Balaban J connectivity index is 1.78. The van der Waals surface area contributed by atoms with E-state index in [4.69, 9.17) is 28.4 Å². The summed E-state index contributed by atoms with van der Waals surface area (Å²) in [7, 11) is 3.02. The molecule has 198 valence electrons. The van der Waals surface area contributed by atoms with E-state index in [0.717, 1.165) is 12.0 Å². The van der Waals surface area contributed by atoms with Gasteiger partial charge in [-0.2, -0.15) is 0 Å². The molecule has 1 aliphatic carbocycles. The van der Waals surface area contributed by atoms with Gasteiger partial charge in [-0.05, 0) is 65.1 Å². The number of ether oxygens (including phenoxy) is 6. The second kappa shape index (κ2) is 10.6. The van der Waals surface area contributed by atoms with Crippen LogP contribution in [0.25, 0.3) is 16.7 Å². The molecular formula is C29H28O9. The molecule has 9 nitrogen and oxygen atoms in total. The summed E-state index contributed by atoms with van der Waals surface area (Å²) in [6.45, 7) is 2.52. The fourth-order valence-electron chi connectivity index (χ4n) is 4.74. The highest BCUT2D eigenvalue weighted by atomic mass is 16.7. The molecule has 1 atom stereocenters. The van der Waals surface area contributed by atoms with E-state index in [9.17, 15) is 15.0 Å². The first-order chi connectivity index (χ1) is 18.5. The number of aliphatic hydroxyl groups excluding tert-OH is 1. The van der Waals surface area contributed by atoms with Crippen LogP contribution in [-0.2, 0) is 9.53 Å². The van der Waals surface area contributed by atoms with Crippen LogP contribution in [0.15, 0.2) is 54.1 Å². The van der Waals surface area contributed by atoms with Crippen molar-refractivity contribution >= 4 is 11.5 Å². The second-order valence-corrected chi connectivity index (χ2v) is 8.76. The zero-order valence-electron chi connectivity index (χ0n) is 21.3. The molecule has 1 heterocycles. The Morgan fingerprint density at radius 1 is 0.974 bits per heavy atom. The first-order valence-electron chi connectivity index (χ1n) is 12.1. The molecule has 1 aliphatic heterocycles. The van der Waals surface area contributed by atoms with Crippen LogP contribution in [0.5, 0.6) is 28.7 Å². The zero-order chi connectivity index (χ0) is 26.8. The minimum absolute atomic E-state index is 0.0654. The van der Waals surface area contributed by atoms with Gasteiger partial charge in [0.1, 0.15) is 23.4 Å². The van der Waals surface area contributed by atoms with Crippen LogP contribution in [0.2, 0.25) is 0 Å². The topological polar surface area (TPSA) is 113 Å². The monoisotopic (exact) mass is 520 g/mol. The standard InChI is InChI=1S/C29H28O9/c1-4-9-35-18-11-20(16-5-8-22-24(10-16)38-15-37-22)25-21(12-18)28(30)27(29(31)32)26(25)19-7-6-17(34-3)13-23(19)36-14-33-2/h5-8,10-13,28,30H,4,9,14-15H2,1-3H3,(H,31,32). The highest BCUT2D eigenvalue weighted by molar-refractivity contribution is 6.09. The van der Waals surface area contributed by atoms with Crippen molar-refractivity contribution in [2.45, 2.75) is 19.4 Å². The van der Waals surface area contributed by atoms with Gasteiger partial charge in [-0.25, -0.2) is 4.79 Å². The van der Waals surface area contributed by atoms with E-state index in [1.807, 2.05) is 25.1 Å². The van der Waals surface area contributed by atoms with Gasteiger partial charge in [0, 0.05) is 24.3 Å². The Labute approximate surface area is 219 Å². The lowest BCUT2D eigenvalue weighted by molar-refractivity contribution is -0.133. The van der Waals surface area contributed by atoms with Gasteiger partial charge in [0.25, 0.3) is 0 Å². The van der Waals surface area contributed by atoms with Gasteiger partial charge in [0.05, 0.1) is 19.3 Å². The maximum absolute atomic E-state index is 12.6. The summed E-state index contributed by atoms with van der Waals surface area (Å²) in [6.07, 6.45) is -0.609. The van der Waals surface area contributed by atoms with Crippen molar-refractivity contribution in [3.05, 3.63) is 70.8 Å². The third kappa shape index (κ3) is 4.51. The van der Waals surface area contributed by atoms with Crippen LogP contribution in [0, 0.1) is 0 Å². The summed E-state index contributed by atoms with van der Waals surface area (Å²) in [5.41, 5.74) is 3.05. The molecule has 2 N–H and O–H groups in total. The van der Waals surface area contributed by atoms with Gasteiger partial charge in [-0.1, -0.05) is 13.0 Å². The van der Waals surface area contributed by atoms with E-state index < -0.39 is 12.1 Å². The number of carbonyl (C=O) groups is 1. The molecule has 2 aliphatic rings. The van der Waals surface area contributed by atoms with Crippen molar-refractivity contribution in [1.29, 1.82) is 0 Å². The van der Waals surface area contributed by atoms with Crippen LogP contribution in [0.4, 0.5) is 0 Å². The molecule has 0 fully saturated rings.